The highest BCUT2D eigenvalue weighted by Crippen LogP contribution is 2.38. The Bertz CT molecular complexity index is 474. The van der Waals surface area contributed by atoms with E-state index in [0.29, 0.717) is 11.8 Å². The first kappa shape index (κ1) is 9.09. The largest absolute Gasteiger partial charge is 0.334 e. The number of benzene rings is 1. The molecule has 1 heterocycles. The molecular formula is C11H9BrN2O. The zero-order chi connectivity index (χ0) is 10.3. The van der Waals surface area contributed by atoms with Gasteiger partial charge in [0.1, 0.15) is 0 Å². The van der Waals surface area contributed by atoms with E-state index in [1.807, 2.05) is 24.3 Å². The molecule has 0 saturated heterocycles. The summed E-state index contributed by atoms with van der Waals surface area (Å²) in [6.45, 7) is 0. The first-order chi connectivity index (χ1) is 7.33. The second-order valence-electron chi connectivity index (χ2n) is 3.74. The number of halogens is 1. The molecule has 0 N–H and O–H groups in total. The molecule has 3 nitrogen and oxygen atoms in total. The van der Waals surface area contributed by atoms with Gasteiger partial charge in [-0.3, -0.25) is 0 Å². The van der Waals surface area contributed by atoms with Gasteiger partial charge in [-0.2, -0.15) is 4.98 Å². The topological polar surface area (TPSA) is 38.9 Å². The van der Waals surface area contributed by atoms with Crippen molar-refractivity contribution in [1.29, 1.82) is 0 Å². The SMILES string of the molecule is Brc1ccc(-c2nc(C3CC3)no2)cc1. The molecule has 0 unspecified atom stereocenters. The average molecular weight is 265 g/mol. The Morgan fingerprint density at radius 1 is 1.20 bits per heavy atom. The van der Waals surface area contributed by atoms with Gasteiger partial charge in [0.2, 0.25) is 0 Å². The summed E-state index contributed by atoms with van der Waals surface area (Å²) in [7, 11) is 0. The van der Waals surface area contributed by atoms with Crippen molar-refractivity contribution in [2.75, 3.05) is 0 Å². The molecule has 2 aromatic rings. The van der Waals surface area contributed by atoms with Crippen LogP contribution in [0.2, 0.25) is 0 Å². The van der Waals surface area contributed by atoms with E-state index in [-0.39, 0.29) is 0 Å². The number of aromatic nitrogens is 2. The van der Waals surface area contributed by atoms with Crippen molar-refractivity contribution < 1.29 is 4.52 Å². The fourth-order valence-electron chi connectivity index (χ4n) is 1.45. The summed E-state index contributed by atoms with van der Waals surface area (Å²) >= 11 is 3.39. The highest BCUT2D eigenvalue weighted by atomic mass is 79.9. The van der Waals surface area contributed by atoms with Crippen LogP contribution < -0.4 is 0 Å². The summed E-state index contributed by atoms with van der Waals surface area (Å²) in [5.41, 5.74) is 0.970. The highest BCUT2D eigenvalue weighted by molar-refractivity contribution is 9.10. The van der Waals surface area contributed by atoms with Crippen LogP contribution in [-0.4, -0.2) is 10.1 Å². The summed E-state index contributed by atoms with van der Waals surface area (Å²) < 4.78 is 6.26. The number of hydrogen-bond acceptors (Lipinski definition) is 3. The molecule has 1 aliphatic carbocycles. The van der Waals surface area contributed by atoms with Gasteiger partial charge in [0.05, 0.1) is 0 Å². The van der Waals surface area contributed by atoms with Crippen LogP contribution in [0.3, 0.4) is 0 Å². The maximum Gasteiger partial charge on any atom is 0.257 e. The predicted octanol–water partition coefficient (Wildman–Crippen LogP) is 3.38. The molecule has 0 atom stereocenters. The van der Waals surface area contributed by atoms with Crippen LogP contribution in [0.1, 0.15) is 24.6 Å². The van der Waals surface area contributed by atoms with E-state index in [0.717, 1.165) is 15.9 Å². The standard InChI is InChI=1S/C11H9BrN2O/c12-9-5-3-8(4-6-9)11-13-10(14-15-11)7-1-2-7/h3-7H,1-2H2. The molecule has 1 fully saturated rings. The van der Waals surface area contributed by atoms with Gasteiger partial charge in [-0.25, -0.2) is 0 Å². The lowest BCUT2D eigenvalue weighted by Gasteiger charge is -1.93. The van der Waals surface area contributed by atoms with Crippen molar-refractivity contribution in [3.8, 4) is 11.5 Å². The summed E-state index contributed by atoms with van der Waals surface area (Å²) in [5, 5.41) is 3.98. The molecule has 1 saturated carbocycles. The van der Waals surface area contributed by atoms with Crippen molar-refractivity contribution in [2.45, 2.75) is 18.8 Å². The van der Waals surface area contributed by atoms with Crippen molar-refractivity contribution in [1.82, 2.24) is 10.1 Å². The third-order valence-electron chi connectivity index (χ3n) is 2.48. The Balaban J connectivity index is 1.93. The maximum atomic E-state index is 5.22. The van der Waals surface area contributed by atoms with Crippen LogP contribution in [0.5, 0.6) is 0 Å². The average Bonchev–Trinajstić information content (AvgIpc) is 2.99. The molecule has 0 radical (unpaired) electrons. The molecule has 0 amide bonds. The van der Waals surface area contributed by atoms with Gasteiger partial charge in [0.25, 0.3) is 5.89 Å². The van der Waals surface area contributed by atoms with Crippen LogP contribution in [-0.2, 0) is 0 Å². The molecule has 1 aromatic carbocycles. The highest BCUT2D eigenvalue weighted by Gasteiger charge is 2.28. The zero-order valence-corrected chi connectivity index (χ0v) is 9.57. The fourth-order valence-corrected chi connectivity index (χ4v) is 1.72. The molecule has 0 aliphatic heterocycles. The second-order valence-corrected chi connectivity index (χ2v) is 4.65. The molecule has 1 aliphatic rings. The van der Waals surface area contributed by atoms with Gasteiger partial charge >= 0.3 is 0 Å². The quantitative estimate of drug-likeness (QED) is 0.835. The first-order valence-corrected chi connectivity index (χ1v) is 5.72. The Hall–Kier alpha value is -1.16. The summed E-state index contributed by atoms with van der Waals surface area (Å²) in [6, 6.07) is 7.87. The number of hydrogen-bond donors (Lipinski definition) is 0. The van der Waals surface area contributed by atoms with E-state index in [2.05, 4.69) is 26.1 Å². The molecule has 3 rings (SSSR count). The van der Waals surface area contributed by atoms with Crippen molar-refractivity contribution in [2.24, 2.45) is 0 Å². The van der Waals surface area contributed by atoms with E-state index in [1.165, 1.54) is 12.8 Å². The zero-order valence-electron chi connectivity index (χ0n) is 7.98. The van der Waals surface area contributed by atoms with Gasteiger partial charge in [0, 0.05) is 16.0 Å². The lowest BCUT2D eigenvalue weighted by molar-refractivity contribution is 0.422. The van der Waals surface area contributed by atoms with E-state index < -0.39 is 0 Å². The van der Waals surface area contributed by atoms with Crippen molar-refractivity contribution >= 4 is 15.9 Å². The van der Waals surface area contributed by atoms with Crippen LogP contribution in [0.25, 0.3) is 11.5 Å². The molecule has 4 heteroatoms. The molecule has 1 aromatic heterocycles. The van der Waals surface area contributed by atoms with Crippen LogP contribution in [0, 0.1) is 0 Å². The minimum absolute atomic E-state index is 0.540. The summed E-state index contributed by atoms with van der Waals surface area (Å²) in [6.07, 6.45) is 2.39. The minimum atomic E-state index is 0.540. The number of nitrogens with zero attached hydrogens (tertiary/aromatic N) is 2. The van der Waals surface area contributed by atoms with Gasteiger partial charge in [-0.05, 0) is 37.1 Å². The molecular weight excluding hydrogens is 256 g/mol. The smallest absolute Gasteiger partial charge is 0.257 e. The molecule has 76 valence electrons. The van der Waals surface area contributed by atoms with E-state index >= 15 is 0 Å². The van der Waals surface area contributed by atoms with Gasteiger partial charge in [-0.1, -0.05) is 21.1 Å². The molecule has 15 heavy (non-hydrogen) atoms. The Labute approximate surface area is 95.6 Å². The maximum absolute atomic E-state index is 5.22. The predicted molar refractivity (Wildman–Crippen MR) is 59.4 cm³/mol. The lowest BCUT2D eigenvalue weighted by atomic mass is 10.2. The fraction of sp³-hybridized carbons (Fsp3) is 0.273. The molecule has 0 bridgehead atoms. The van der Waals surface area contributed by atoms with Crippen molar-refractivity contribution in [3.05, 3.63) is 34.6 Å². The van der Waals surface area contributed by atoms with Crippen LogP contribution >= 0.6 is 15.9 Å². The minimum Gasteiger partial charge on any atom is -0.334 e. The van der Waals surface area contributed by atoms with Gasteiger partial charge in [0.15, 0.2) is 5.82 Å². The Kier molecular flexibility index (Phi) is 2.09. The normalized spacial score (nSPS) is 15.5. The molecule has 0 spiro atoms. The van der Waals surface area contributed by atoms with Crippen LogP contribution in [0.4, 0.5) is 0 Å². The number of rotatable bonds is 2. The Morgan fingerprint density at radius 3 is 2.60 bits per heavy atom. The Morgan fingerprint density at radius 2 is 1.93 bits per heavy atom. The van der Waals surface area contributed by atoms with E-state index in [9.17, 15) is 0 Å². The first-order valence-electron chi connectivity index (χ1n) is 4.92. The monoisotopic (exact) mass is 264 g/mol. The third kappa shape index (κ3) is 1.81. The van der Waals surface area contributed by atoms with Crippen LogP contribution in [0.15, 0.2) is 33.3 Å². The van der Waals surface area contributed by atoms with E-state index in [1.54, 1.807) is 0 Å². The third-order valence-corrected chi connectivity index (χ3v) is 3.00. The van der Waals surface area contributed by atoms with Gasteiger partial charge < -0.3 is 4.52 Å². The van der Waals surface area contributed by atoms with Crippen molar-refractivity contribution in [3.63, 3.8) is 0 Å². The summed E-state index contributed by atoms with van der Waals surface area (Å²) in [4.78, 5) is 4.38. The second kappa shape index (κ2) is 3.45. The van der Waals surface area contributed by atoms with Gasteiger partial charge in [-0.15, -0.1) is 0 Å². The lowest BCUT2D eigenvalue weighted by Crippen LogP contribution is -1.81. The van der Waals surface area contributed by atoms with E-state index in [4.69, 9.17) is 4.52 Å². The summed E-state index contributed by atoms with van der Waals surface area (Å²) in [5.74, 6) is 2.01.